The van der Waals surface area contributed by atoms with E-state index in [0.717, 1.165) is 11.3 Å². The predicted molar refractivity (Wildman–Crippen MR) is 64.5 cm³/mol. The summed E-state index contributed by atoms with van der Waals surface area (Å²) >= 11 is 5.82. The summed E-state index contributed by atoms with van der Waals surface area (Å²) in [5.74, 6) is 0.739. The van der Waals surface area contributed by atoms with Crippen molar-refractivity contribution in [1.82, 2.24) is 4.98 Å². The third kappa shape index (κ3) is 2.53. The van der Waals surface area contributed by atoms with Crippen LogP contribution in [-0.4, -0.2) is 10.9 Å². The number of hydrogen-bond acceptors (Lipinski definition) is 2. The van der Waals surface area contributed by atoms with E-state index in [4.69, 9.17) is 11.6 Å². The van der Waals surface area contributed by atoms with Gasteiger partial charge in [0.1, 0.15) is 5.15 Å². The third-order valence-corrected chi connectivity index (χ3v) is 3.42. The highest BCUT2D eigenvalue weighted by atomic mass is 35.5. The summed E-state index contributed by atoms with van der Waals surface area (Å²) in [7, 11) is 0. The predicted octanol–water partition coefficient (Wildman–Crippen LogP) is 3.03. The number of nitrogens with one attached hydrogen (secondary N) is 1. The van der Waals surface area contributed by atoms with Crippen LogP contribution in [0.5, 0.6) is 0 Å². The fraction of sp³-hybridized carbons (Fsp3) is 0.500. The largest absolute Gasteiger partial charge is 0.324 e. The lowest BCUT2D eigenvalue weighted by molar-refractivity contribution is -0.119. The van der Waals surface area contributed by atoms with Gasteiger partial charge in [-0.15, -0.1) is 0 Å². The number of aromatic nitrogens is 1. The second-order valence-electron chi connectivity index (χ2n) is 4.45. The fourth-order valence-corrected chi connectivity index (χ4v) is 1.80. The smallest absolute Gasteiger partial charge is 0.227 e. The Labute approximate surface area is 100 Å². The van der Waals surface area contributed by atoms with E-state index >= 15 is 0 Å². The molecule has 0 aliphatic heterocycles. The summed E-state index contributed by atoms with van der Waals surface area (Å²) in [4.78, 5) is 15.8. The summed E-state index contributed by atoms with van der Waals surface area (Å²) in [6.07, 6.45) is 3.94. The molecular formula is C12H15ClN2O. The molecule has 1 aromatic rings. The van der Waals surface area contributed by atoms with E-state index in [-0.39, 0.29) is 11.8 Å². The zero-order chi connectivity index (χ0) is 11.7. The third-order valence-electron chi connectivity index (χ3n) is 3.02. The SMILES string of the molecule is Cc1cc(NC(=O)C(C)C2CC2)cnc1Cl. The molecule has 0 spiro atoms. The van der Waals surface area contributed by atoms with E-state index in [1.54, 1.807) is 6.20 Å². The quantitative estimate of drug-likeness (QED) is 0.823. The van der Waals surface area contributed by atoms with Crippen molar-refractivity contribution < 1.29 is 4.79 Å². The molecule has 0 aromatic carbocycles. The molecular weight excluding hydrogens is 224 g/mol. The van der Waals surface area contributed by atoms with Crippen molar-refractivity contribution in [2.24, 2.45) is 11.8 Å². The van der Waals surface area contributed by atoms with Gasteiger partial charge in [0.05, 0.1) is 11.9 Å². The Morgan fingerprint density at radius 3 is 2.88 bits per heavy atom. The van der Waals surface area contributed by atoms with Crippen molar-refractivity contribution in [2.45, 2.75) is 26.7 Å². The summed E-state index contributed by atoms with van der Waals surface area (Å²) in [6.45, 7) is 3.85. The zero-order valence-electron chi connectivity index (χ0n) is 9.46. The van der Waals surface area contributed by atoms with E-state index in [9.17, 15) is 4.79 Å². The van der Waals surface area contributed by atoms with Crippen LogP contribution < -0.4 is 5.32 Å². The van der Waals surface area contributed by atoms with Crippen molar-refractivity contribution in [3.63, 3.8) is 0 Å². The summed E-state index contributed by atoms with van der Waals surface area (Å²) < 4.78 is 0. The molecule has 1 aliphatic carbocycles. The van der Waals surface area contributed by atoms with Gasteiger partial charge in [-0.05, 0) is 37.3 Å². The molecule has 1 heterocycles. The number of carbonyl (C=O) groups excluding carboxylic acids is 1. The van der Waals surface area contributed by atoms with Crippen LogP contribution >= 0.6 is 11.6 Å². The highest BCUT2D eigenvalue weighted by Crippen LogP contribution is 2.37. The molecule has 0 saturated heterocycles. The van der Waals surface area contributed by atoms with E-state index in [1.165, 1.54) is 12.8 Å². The van der Waals surface area contributed by atoms with Gasteiger partial charge in [-0.25, -0.2) is 4.98 Å². The molecule has 3 nitrogen and oxygen atoms in total. The van der Waals surface area contributed by atoms with Crippen LogP contribution in [0, 0.1) is 18.8 Å². The van der Waals surface area contributed by atoms with Crippen molar-refractivity contribution in [3.8, 4) is 0 Å². The molecule has 1 N–H and O–H groups in total. The lowest BCUT2D eigenvalue weighted by atomic mass is 10.1. The number of hydrogen-bond donors (Lipinski definition) is 1. The van der Waals surface area contributed by atoms with Gasteiger partial charge in [0, 0.05) is 5.92 Å². The molecule has 4 heteroatoms. The molecule has 1 aliphatic rings. The van der Waals surface area contributed by atoms with Crippen LogP contribution in [-0.2, 0) is 4.79 Å². The Morgan fingerprint density at radius 2 is 2.31 bits per heavy atom. The molecule has 1 saturated carbocycles. The Balaban J connectivity index is 2.02. The Hall–Kier alpha value is -1.09. The minimum atomic E-state index is 0.0750. The van der Waals surface area contributed by atoms with E-state index in [2.05, 4.69) is 10.3 Å². The zero-order valence-corrected chi connectivity index (χ0v) is 10.2. The Morgan fingerprint density at radius 1 is 1.62 bits per heavy atom. The number of aryl methyl sites for hydroxylation is 1. The summed E-state index contributed by atoms with van der Waals surface area (Å²) in [5.41, 5.74) is 1.60. The number of carbonyl (C=O) groups is 1. The standard InChI is InChI=1S/C12H15ClN2O/c1-7-5-10(6-14-11(7)13)15-12(16)8(2)9-3-4-9/h5-6,8-9H,3-4H2,1-2H3,(H,15,16). The topological polar surface area (TPSA) is 42.0 Å². The van der Waals surface area contributed by atoms with Gasteiger partial charge in [0.25, 0.3) is 0 Å². The molecule has 1 atom stereocenters. The molecule has 86 valence electrons. The first kappa shape index (κ1) is 11.4. The second-order valence-corrected chi connectivity index (χ2v) is 4.81. The molecule has 1 unspecified atom stereocenters. The van der Waals surface area contributed by atoms with E-state index in [1.807, 2.05) is 19.9 Å². The van der Waals surface area contributed by atoms with Crippen LogP contribution in [0.4, 0.5) is 5.69 Å². The lowest BCUT2D eigenvalue weighted by Gasteiger charge is -2.11. The minimum absolute atomic E-state index is 0.0750. The van der Waals surface area contributed by atoms with Gasteiger partial charge in [-0.3, -0.25) is 4.79 Å². The molecule has 1 fully saturated rings. The second kappa shape index (κ2) is 4.42. The molecule has 2 rings (SSSR count). The van der Waals surface area contributed by atoms with Gasteiger partial charge in [-0.1, -0.05) is 18.5 Å². The average molecular weight is 239 g/mol. The van der Waals surface area contributed by atoms with Crippen molar-refractivity contribution in [1.29, 1.82) is 0 Å². The lowest BCUT2D eigenvalue weighted by Crippen LogP contribution is -2.21. The minimum Gasteiger partial charge on any atom is -0.324 e. The maximum Gasteiger partial charge on any atom is 0.227 e. The van der Waals surface area contributed by atoms with Gasteiger partial charge < -0.3 is 5.32 Å². The molecule has 1 aromatic heterocycles. The molecule has 1 amide bonds. The van der Waals surface area contributed by atoms with Gasteiger partial charge in [-0.2, -0.15) is 0 Å². The molecule has 0 bridgehead atoms. The van der Waals surface area contributed by atoms with E-state index < -0.39 is 0 Å². The van der Waals surface area contributed by atoms with Crippen LogP contribution in [0.2, 0.25) is 5.15 Å². The van der Waals surface area contributed by atoms with Crippen molar-refractivity contribution >= 4 is 23.2 Å². The number of halogens is 1. The van der Waals surface area contributed by atoms with Crippen LogP contribution in [0.15, 0.2) is 12.3 Å². The van der Waals surface area contributed by atoms with E-state index in [0.29, 0.717) is 11.1 Å². The first-order valence-electron chi connectivity index (χ1n) is 5.51. The number of nitrogens with zero attached hydrogens (tertiary/aromatic N) is 1. The van der Waals surface area contributed by atoms with Gasteiger partial charge in [0.15, 0.2) is 0 Å². The normalized spacial score (nSPS) is 16.9. The van der Waals surface area contributed by atoms with Crippen LogP contribution in [0.25, 0.3) is 0 Å². The van der Waals surface area contributed by atoms with Crippen molar-refractivity contribution in [3.05, 3.63) is 23.0 Å². The number of pyridine rings is 1. The number of anilines is 1. The van der Waals surface area contributed by atoms with Crippen molar-refractivity contribution in [2.75, 3.05) is 5.32 Å². The maximum atomic E-state index is 11.8. The molecule has 16 heavy (non-hydrogen) atoms. The molecule has 0 radical (unpaired) electrons. The first-order valence-corrected chi connectivity index (χ1v) is 5.88. The highest BCUT2D eigenvalue weighted by Gasteiger charge is 2.32. The summed E-state index contributed by atoms with van der Waals surface area (Å²) in [6, 6.07) is 1.84. The Bertz CT molecular complexity index is 415. The van der Waals surface area contributed by atoms with Crippen LogP contribution in [0.1, 0.15) is 25.3 Å². The fourth-order valence-electron chi connectivity index (χ4n) is 1.69. The van der Waals surface area contributed by atoms with Crippen LogP contribution in [0.3, 0.4) is 0 Å². The summed E-state index contributed by atoms with van der Waals surface area (Å²) in [5, 5.41) is 3.35. The first-order chi connectivity index (χ1) is 7.58. The van der Waals surface area contributed by atoms with Gasteiger partial charge >= 0.3 is 0 Å². The number of amides is 1. The Kier molecular flexibility index (Phi) is 3.15. The maximum absolute atomic E-state index is 11.8. The average Bonchev–Trinajstić information content (AvgIpc) is 3.06. The highest BCUT2D eigenvalue weighted by molar-refractivity contribution is 6.30. The monoisotopic (exact) mass is 238 g/mol. The van der Waals surface area contributed by atoms with Gasteiger partial charge in [0.2, 0.25) is 5.91 Å². The number of rotatable bonds is 3.